The summed E-state index contributed by atoms with van der Waals surface area (Å²) in [6.07, 6.45) is 3.53. The predicted molar refractivity (Wildman–Crippen MR) is 95.6 cm³/mol. The number of carbonyl (C=O) groups is 2. The summed E-state index contributed by atoms with van der Waals surface area (Å²) in [5.74, 6) is 0.677. The number of hydrogen-bond acceptors (Lipinski definition) is 2. The van der Waals surface area contributed by atoms with E-state index < -0.39 is 0 Å². The van der Waals surface area contributed by atoms with Gasteiger partial charge in [0.15, 0.2) is 0 Å². The number of likely N-dealkylation sites (tertiary alicyclic amines) is 1. The molecule has 1 heterocycles. The molecule has 0 radical (unpaired) electrons. The molecule has 1 N–H and O–H groups in total. The first-order valence-corrected chi connectivity index (χ1v) is 8.78. The first kappa shape index (κ1) is 18.3. The number of nitrogens with zero attached hydrogens (tertiary/aromatic N) is 2. The van der Waals surface area contributed by atoms with Gasteiger partial charge in [0.05, 0.1) is 12.5 Å². The van der Waals surface area contributed by atoms with Gasteiger partial charge in [-0.25, -0.2) is 4.79 Å². The van der Waals surface area contributed by atoms with Crippen LogP contribution in [0.5, 0.6) is 0 Å². The summed E-state index contributed by atoms with van der Waals surface area (Å²) in [7, 11) is 3.48. The molecule has 1 aromatic carbocycles. The number of urea groups is 1. The first-order chi connectivity index (χ1) is 11.5. The van der Waals surface area contributed by atoms with Crippen LogP contribution in [0.2, 0.25) is 0 Å². The van der Waals surface area contributed by atoms with Crippen LogP contribution in [0.3, 0.4) is 0 Å². The SMILES string of the molecule is CC1CCCN(C(=O)NC(CC(=O)N(C)C)c2ccccc2)CC1. The molecule has 0 bridgehead atoms. The van der Waals surface area contributed by atoms with E-state index in [1.165, 1.54) is 6.42 Å². The molecule has 2 atom stereocenters. The minimum absolute atomic E-state index is 0.00800. The number of hydrogen-bond donors (Lipinski definition) is 1. The molecule has 1 aliphatic heterocycles. The van der Waals surface area contributed by atoms with Gasteiger partial charge in [0.2, 0.25) is 5.91 Å². The number of nitrogens with one attached hydrogen (secondary N) is 1. The molecule has 0 aromatic heterocycles. The zero-order valence-electron chi connectivity index (χ0n) is 15.0. The van der Waals surface area contributed by atoms with Crippen LogP contribution in [0.25, 0.3) is 0 Å². The normalized spacial score (nSPS) is 19.3. The standard InChI is InChI=1S/C19H29N3O2/c1-15-8-7-12-22(13-11-15)19(24)20-17(14-18(23)21(2)3)16-9-5-4-6-10-16/h4-6,9-10,15,17H,7-8,11-14H2,1-3H3,(H,20,24). The van der Waals surface area contributed by atoms with Crippen LogP contribution in [0, 0.1) is 5.92 Å². The highest BCUT2D eigenvalue weighted by Crippen LogP contribution is 2.20. The van der Waals surface area contributed by atoms with Gasteiger partial charge in [0, 0.05) is 27.2 Å². The largest absolute Gasteiger partial charge is 0.349 e. The summed E-state index contributed by atoms with van der Waals surface area (Å²) in [4.78, 5) is 28.3. The molecule has 5 nitrogen and oxygen atoms in total. The van der Waals surface area contributed by atoms with Crippen LogP contribution < -0.4 is 5.32 Å². The van der Waals surface area contributed by atoms with Crippen LogP contribution in [0.15, 0.2) is 30.3 Å². The zero-order valence-corrected chi connectivity index (χ0v) is 15.0. The van der Waals surface area contributed by atoms with E-state index in [4.69, 9.17) is 0 Å². The third-order valence-corrected chi connectivity index (χ3v) is 4.68. The smallest absolute Gasteiger partial charge is 0.317 e. The number of rotatable bonds is 4. The van der Waals surface area contributed by atoms with Gasteiger partial charge in [0.1, 0.15) is 0 Å². The van der Waals surface area contributed by atoms with Crippen molar-refractivity contribution in [2.45, 2.75) is 38.6 Å². The lowest BCUT2D eigenvalue weighted by Gasteiger charge is -2.26. The summed E-state index contributed by atoms with van der Waals surface area (Å²) in [6.45, 7) is 3.82. The van der Waals surface area contributed by atoms with Crippen molar-refractivity contribution in [3.63, 3.8) is 0 Å². The zero-order chi connectivity index (χ0) is 17.5. The van der Waals surface area contributed by atoms with Crippen molar-refractivity contribution in [1.29, 1.82) is 0 Å². The van der Waals surface area contributed by atoms with Gasteiger partial charge in [-0.2, -0.15) is 0 Å². The van der Waals surface area contributed by atoms with Crippen LogP contribution in [-0.2, 0) is 4.79 Å². The van der Waals surface area contributed by atoms with Gasteiger partial charge < -0.3 is 15.1 Å². The molecule has 1 aromatic rings. The Bertz CT molecular complexity index is 545. The fourth-order valence-corrected chi connectivity index (χ4v) is 3.00. The Morgan fingerprint density at radius 2 is 1.92 bits per heavy atom. The van der Waals surface area contributed by atoms with Crippen molar-refractivity contribution in [2.75, 3.05) is 27.2 Å². The van der Waals surface area contributed by atoms with Crippen molar-refractivity contribution in [3.05, 3.63) is 35.9 Å². The highest BCUT2D eigenvalue weighted by atomic mass is 16.2. The van der Waals surface area contributed by atoms with Gasteiger partial charge in [-0.05, 0) is 30.7 Å². The second-order valence-corrected chi connectivity index (χ2v) is 6.93. The second kappa shape index (κ2) is 8.71. The van der Waals surface area contributed by atoms with Crippen molar-refractivity contribution in [2.24, 2.45) is 5.92 Å². The molecular weight excluding hydrogens is 302 g/mol. The van der Waals surface area contributed by atoms with E-state index in [1.807, 2.05) is 35.2 Å². The lowest BCUT2D eigenvalue weighted by Crippen LogP contribution is -2.43. The minimum Gasteiger partial charge on any atom is -0.349 e. The molecule has 1 saturated heterocycles. The van der Waals surface area contributed by atoms with Gasteiger partial charge in [-0.1, -0.05) is 37.3 Å². The first-order valence-electron chi connectivity index (χ1n) is 8.78. The lowest BCUT2D eigenvalue weighted by molar-refractivity contribution is -0.129. The maximum atomic E-state index is 12.7. The quantitative estimate of drug-likeness (QED) is 0.922. The predicted octanol–water partition coefficient (Wildman–Crippen LogP) is 3.04. The van der Waals surface area contributed by atoms with Crippen LogP contribution >= 0.6 is 0 Å². The molecule has 2 unspecified atom stereocenters. The van der Waals surface area contributed by atoms with E-state index in [9.17, 15) is 9.59 Å². The molecule has 0 saturated carbocycles. The molecule has 0 aliphatic carbocycles. The highest BCUT2D eigenvalue weighted by molar-refractivity contribution is 5.79. The van der Waals surface area contributed by atoms with Gasteiger partial charge in [0.25, 0.3) is 0 Å². The van der Waals surface area contributed by atoms with Crippen molar-refractivity contribution in [1.82, 2.24) is 15.1 Å². The Morgan fingerprint density at radius 1 is 1.21 bits per heavy atom. The fraction of sp³-hybridized carbons (Fsp3) is 0.579. The highest BCUT2D eigenvalue weighted by Gasteiger charge is 2.23. The second-order valence-electron chi connectivity index (χ2n) is 6.93. The number of carbonyl (C=O) groups excluding carboxylic acids is 2. The molecule has 24 heavy (non-hydrogen) atoms. The van der Waals surface area contributed by atoms with E-state index >= 15 is 0 Å². The van der Waals surface area contributed by atoms with Crippen LogP contribution in [0.1, 0.15) is 44.2 Å². The summed E-state index contributed by atoms with van der Waals surface area (Å²) < 4.78 is 0. The van der Waals surface area contributed by atoms with E-state index in [2.05, 4.69) is 12.2 Å². The molecular formula is C19H29N3O2. The average Bonchev–Trinajstić information content (AvgIpc) is 2.79. The van der Waals surface area contributed by atoms with Gasteiger partial charge >= 0.3 is 6.03 Å². The Labute approximate surface area is 145 Å². The Balaban J connectivity index is 2.06. The molecule has 0 spiro atoms. The summed E-state index contributed by atoms with van der Waals surface area (Å²) in [6, 6.07) is 9.35. The Kier molecular flexibility index (Phi) is 6.64. The summed E-state index contributed by atoms with van der Waals surface area (Å²) in [5.41, 5.74) is 0.962. The monoisotopic (exact) mass is 331 g/mol. The minimum atomic E-state index is -0.297. The maximum Gasteiger partial charge on any atom is 0.317 e. The van der Waals surface area contributed by atoms with Crippen molar-refractivity contribution in [3.8, 4) is 0 Å². The van der Waals surface area contributed by atoms with Gasteiger partial charge in [-0.15, -0.1) is 0 Å². The Morgan fingerprint density at radius 3 is 2.58 bits per heavy atom. The number of benzene rings is 1. The molecule has 2 rings (SSSR count). The van der Waals surface area contributed by atoms with Crippen molar-refractivity contribution < 1.29 is 9.59 Å². The average molecular weight is 331 g/mol. The fourth-order valence-electron chi connectivity index (χ4n) is 3.00. The Hall–Kier alpha value is -2.04. The van der Waals surface area contributed by atoms with Crippen molar-refractivity contribution >= 4 is 11.9 Å². The van der Waals surface area contributed by atoms with E-state index in [0.29, 0.717) is 5.92 Å². The topological polar surface area (TPSA) is 52.7 Å². The lowest BCUT2D eigenvalue weighted by atomic mass is 10.0. The van der Waals surface area contributed by atoms with E-state index in [1.54, 1.807) is 19.0 Å². The summed E-state index contributed by atoms with van der Waals surface area (Å²) in [5, 5.41) is 3.07. The van der Waals surface area contributed by atoms with Crippen LogP contribution in [-0.4, -0.2) is 48.9 Å². The van der Waals surface area contributed by atoms with E-state index in [-0.39, 0.29) is 24.4 Å². The molecule has 132 valence electrons. The molecule has 3 amide bonds. The van der Waals surface area contributed by atoms with E-state index in [0.717, 1.165) is 31.5 Å². The summed E-state index contributed by atoms with van der Waals surface area (Å²) >= 11 is 0. The third kappa shape index (κ3) is 5.25. The third-order valence-electron chi connectivity index (χ3n) is 4.68. The number of amides is 3. The van der Waals surface area contributed by atoms with Gasteiger partial charge in [-0.3, -0.25) is 4.79 Å². The maximum absolute atomic E-state index is 12.7. The molecule has 1 aliphatic rings. The molecule has 5 heteroatoms. The molecule has 1 fully saturated rings. The van der Waals surface area contributed by atoms with Crippen LogP contribution in [0.4, 0.5) is 4.79 Å².